The Hall–Kier alpha value is -1.50. The van der Waals surface area contributed by atoms with Gasteiger partial charge in [-0.2, -0.15) is 9.97 Å². The van der Waals surface area contributed by atoms with Gasteiger partial charge in [0.15, 0.2) is 5.16 Å². The van der Waals surface area contributed by atoms with Crippen molar-refractivity contribution >= 4 is 17.7 Å². The smallest absolute Gasteiger partial charge is 0.320 e. The summed E-state index contributed by atoms with van der Waals surface area (Å²) in [4.78, 5) is 21.6. The van der Waals surface area contributed by atoms with Gasteiger partial charge in [0, 0.05) is 0 Å². The fraction of sp³-hybridized carbons (Fsp3) is 0.750. The lowest BCUT2D eigenvalue weighted by Crippen LogP contribution is -2.36. The molecule has 1 heterocycles. The number of esters is 1. The van der Waals surface area contributed by atoms with Crippen molar-refractivity contribution in [1.29, 1.82) is 0 Å². The minimum Gasteiger partial charge on any atom is -0.481 e. The molecule has 6 nitrogen and oxygen atoms in total. The number of ether oxygens (including phenoxy) is 3. The van der Waals surface area contributed by atoms with Crippen LogP contribution in [0.5, 0.6) is 11.8 Å². The SMILES string of the molecule is CCCCCC(C)(C)C(Sc1nc(OC)cc(OC)n1)C(=O)OCCCC. The number of hydrogen-bond donors (Lipinski definition) is 0. The van der Waals surface area contributed by atoms with E-state index in [9.17, 15) is 4.79 Å². The van der Waals surface area contributed by atoms with Gasteiger partial charge in [-0.25, -0.2) is 0 Å². The Morgan fingerprint density at radius 1 is 1.07 bits per heavy atom. The molecule has 0 aliphatic carbocycles. The first kappa shape index (κ1) is 23.5. The molecule has 1 aromatic heterocycles. The lowest BCUT2D eigenvalue weighted by atomic mass is 9.83. The highest BCUT2D eigenvalue weighted by atomic mass is 32.2. The highest BCUT2D eigenvalue weighted by molar-refractivity contribution is 8.00. The van der Waals surface area contributed by atoms with Crippen LogP contribution in [0.25, 0.3) is 0 Å². The van der Waals surface area contributed by atoms with Gasteiger partial charge >= 0.3 is 5.97 Å². The molecular weight excluding hydrogens is 364 g/mol. The van der Waals surface area contributed by atoms with E-state index in [0.717, 1.165) is 38.5 Å². The van der Waals surface area contributed by atoms with Crippen LogP contribution in [-0.4, -0.2) is 42.0 Å². The van der Waals surface area contributed by atoms with Crippen molar-refractivity contribution in [3.63, 3.8) is 0 Å². The summed E-state index contributed by atoms with van der Waals surface area (Å²) in [6, 6.07) is 1.62. The van der Waals surface area contributed by atoms with Crippen LogP contribution < -0.4 is 9.47 Å². The Morgan fingerprint density at radius 3 is 2.19 bits per heavy atom. The highest BCUT2D eigenvalue weighted by Crippen LogP contribution is 2.40. The Bertz CT molecular complexity index is 559. The summed E-state index contributed by atoms with van der Waals surface area (Å²) in [5.41, 5.74) is -0.247. The summed E-state index contributed by atoms with van der Waals surface area (Å²) in [5, 5.41) is 0.0511. The molecule has 0 saturated heterocycles. The average Bonchev–Trinajstić information content (AvgIpc) is 2.65. The molecule has 0 aliphatic heterocycles. The fourth-order valence-electron chi connectivity index (χ4n) is 2.63. The zero-order valence-electron chi connectivity index (χ0n) is 17.5. The van der Waals surface area contributed by atoms with E-state index in [1.165, 1.54) is 11.8 Å². The zero-order chi connectivity index (χ0) is 20.3. The Balaban J connectivity index is 3.04. The van der Waals surface area contributed by atoms with Crippen LogP contribution in [0.3, 0.4) is 0 Å². The van der Waals surface area contributed by atoms with E-state index in [1.807, 2.05) is 0 Å². The van der Waals surface area contributed by atoms with Crippen molar-refractivity contribution in [2.24, 2.45) is 5.41 Å². The van der Waals surface area contributed by atoms with Gasteiger partial charge in [0.05, 0.1) is 26.9 Å². The van der Waals surface area contributed by atoms with Crippen LogP contribution in [0.1, 0.15) is 66.2 Å². The Labute approximate surface area is 167 Å². The molecule has 1 rings (SSSR count). The first-order valence-electron chi connectivity index (χ1n) is 9.68. The molecule has 0 N–H and O–H groups in total. The summed E-state index contributed by atoms with van der Waals surface area (Å²) < 4.78 is 16.0. The number of rotatable bonds is 13. The van der Waals surface area contributed by atoms with Crippen molar-refractivity contribution in [2.45, 2.75) is 76.6 Å². The summed E-state index contributed by atoms with van der Waals surface area (Å²) in [5.74, 6) is 0.609. The topological polar surface area (TPSA) is 70.5 Å². The third-order valence-electron chi connectivity index (χ3n) is 4.39. The lowest BCUT2D eigenvalue weighted by Gasteiger charge is -2.32. The number of carbonyl (C=O) groups is 1. The molecule has 0 aromatic carbocycles. The van der Waals surface area contributed by atoms with Crippen LogP contribution in [0.15, 0.2) is 11.2 Å². The van der Waals surface area contributed by atoms with Crippen molar-refractivity contribution in [2.75, 3.05) is 20.8 Å². The van der Waals surface area contributed by atoms with Gasteiger partial charge in [0.25, 0.3) is 0 Å². The predicted octanol–water partition coefficient (Wildman–Crippen LogP) is 4.90. The van der Waals surface area contributed by atoms with E-state index >= 15 is 0 Å². The fourth-order valence-corrected chi connectivity index (χ4v) is 3.73. The Morgan fingerprint density at radius 2 is 1.67 bits per heavy atom. The van der Waals surface area contributed by atoms with E-state index in [2.05, 4.69) is 37.7 Å². The van der Waals surface area contributed by atoms with Crippen molar-refractivity contribution in [1.82, 2.24) is 9.97 Å². The lowest BCUT2D eigenvalue weighted by molar-refractivity contribution is -0.145. The average molecular weight is 399 g/mol. The van der Waals surface area contributed by atoms with Crippen LogP contribution in [-0.2, 0) is 9.53 Å². The summed E-state index contributed by atoms with van der Waals surface area (Å²) in [7, 11) is 3.09. The third kappa shape index (κ3) is 7.95. The molecule has 1 atom stereocenters. The molecule has 0 radical (unpaired) electrons. The number of methoxy groups -OCH3 is 2. The molecule has 154 valence electrons. The van der Waals surface area contributed by atoms with Gasteiger partial charge in [-0.05, 0) is 18.3 Å². The van der Waals surface area contributed by atoms with Gasteiger partial charge in [-0.3, -0.25) is 4.79 Å². The van der Waals surface area contributed by atoms with E-state index in [0.29, 0.717) is 23.5 Å². The van der Waals surface area contributed by atoms with E-state index in [-0.39, 0.29) is 11.4 Å². The standard InChI is InChI=1S/C20H34N2O4S/c1-7-9-11-12-20(3,4)17(18(23)26-13-10-8-2)27-19-21-15(24-5)14-16(22-19)25-6/h14,17H,7-13H2,1-6H3. The second kappa shape index (κ2) is 12.1. The zero-order valence-corrected chi connectivity index (χ0v) is 18.4. The molecule has 0 aliphatic rings. The number of aromatic nitrogens is 2. The first-order valence-corrected chi connectivity index (χ1v) is 10.6. The highest BCUT2D eigenvalue weighted by Gasteiger charge is 2.38. The van der Waals surface area contributed by atoms with Gasteiger partial charge in [0.2, 0.25) is 11.8 Å². The molecule has 27 heavy (non-hydrogen) atoms. The van der Waals surface area contributed by atoms with E-state index in [4.69, 9.17) is 14.2 Å². The second-order valence-electron chi connectivity index (χ2n) is 7.20. The van der Waals surface area contributed by atoms with Gasteiger partial charge < -0.3 is 14.2 Å². The first-order chi connectivity index (χ1) is 12.9. The van der Waals surface area contributed by atoms with Gasteiger partial charge in [-0.15, -0.1) is 0 Å². The maximum atomic E-state index is 12.8. The number of thioether (sulfide) groups is 1. The van der Waals surface area contributed by atoms with E-state index < -0.39 is 5.25 Å². The maximum absolute atomic E-state index is 12.8. The summed E-state index contributed by atoms with van der Waals surface area (Å²) >= 11 is 1.32. The predicted molar refractivity (Wildman–Crippen MR) is 109 cm³/mol. The van der Waals surface area contributed by atoms with Crippen molar-refractivity contribution < 1.29 is 19.0 Å². The number of unbranched alkanes of at least 4 members (excludes halogenated alkanes) is 3. The largest absolute Gasteiger partial charge is 0.481 e. The molecule has 0 bridgehead atoms. The number of carbonyl (C=O) groups excluding carboxylic acids is 1. The summed E-state index contributed by atoms with van der Waals surface area (Å²) in [6.07, 6.45) is 6.15. The molecular formula is C20H34N2O4S. The molecule has 1 unspecified atom stereocenters. The summed E-state index contributed by atoms with van der Waals surface area (Å²) in [6.45, 7) is 8.91. The van der Waals surface area contributed by atoms with E-state index in [1.54, 1.807) is 20.3 Å². The number of hydrogen-bond acceptors (Lipinski definition) is 7. The van der Waals surface area contributed by atoms with Crippen LogP contribution in [0.4, 0.5) is 0 Å². The normalized spacial score (nSPS) is 12.5. The molecule has 0 amide bonds. The quantitative estimate of drug-likeness (QED) is 0.202. The molecule has 0 saturated carbocycles. The van der Waals surface area contributed by atoms with Crippen molar-refractivity contribution in [3.8, 4) is 11.8 Å². The molecule has 7 heteroatoms. The van der Waals surface area contributed by atoms with Gasteiger partial charge in [0.1, 0.15) is 5.25 Å². The van der Waals surface area contributed by atoms with Crippen LogP contribution in [0, 0.1) is 5.41 Å². The Kier molecular flexibility index (Phi) is 10.5. The molecule has 1 aromatic rings. The van der Waals surface area contributed by atoms with Crippen molar-refractivity contribution in [3.05, 3.63) is 6.07 Å². The van der Waals surface area contributed by atoms with Crippen LogP contribution in [0.2, 0.25) is 0 Å². The minimum absolute atomic E-state index is 0.208. The minimum atomic E-state index is -0.400. The maximum Gasteiger partial charge on any atom is 0.320 e. The molecule has 0 fully saturated rings. The monoisotopic (exact) mass is 398 g/mol. The number of nitrogens with zero attached hydrogens (tertiary/aromatic N) is 2. The molecule has 0 spiro atoms. The third-order valence-corrected chi connectivity index (χ3v) is 5.85. The van der Waals surface area contributed by atoms with Gasteiger partial charge in [-0.1, -0.05) is 65.1 Å². The van der Waals surface area contributed by atoms with Crippen LogP contribution >= 0.6 is 11.8 Å². The second-order valence-corrected chi connectivity index (χ2v) is 8.27.